The molecule has 1 aliphatic rings. The Morgan fingerprint density at radius 3 is 3.18 bits per heavy atom. The molecule has 4 heteroatoms. The lowest BCUT2D eigenvalue weighted by atomic mass is 10.2. The first-order valence-electron chi connectivity index (χ1n) is 5.86. The van der Waals surface area contributed by atoms with Crippen molar-refractivity contribution in [2.24, 2.45) is 0 Å². The fourth-order valence-electron chi connectivity index (χ4n) is 1.87. The van der Waals surface area contributed by atoms with Crippen LogP contribution < -0.4 is 0 Å². The molecule has 0 saturated carbocycles. The van der Waals surface area contributed by atoms with Crippen molar-refractivity contribution < 1.29 is 5.11 Å². The summed E-state index contributed by atoms with van der Waals surface area (Å²) >= 11 is 3.82. The summed E-state index contributed by atoms with van der Waals surface area (Å²) in [6.07, 6.45) is 1.29. The van der Waals surface area contributed by atoms with Crippen LogP contribution in [0.2, 0.25) is 0 Å². The highest BCUT2D eigenvalue weighted by Crippen LogP contribution is 2.20. The van der Waals surface area contributed by atoms with E-state index in [0.717, 1.165) is 12.1 Å². The van der Waals surface area contributed by atoms with E-state index in [1.165, 1.54) is 35.9 Å². The summed E-state index contributed by atoms with van der Waals surface area (Å²) in [5.74, 6) is 8.29. The van der Waals surface area contributed by atoms with Gasteiger partial charge in [-0.2, -0.15) is 11.8 Å². The lowest BCUT2D eigenvalue weighted by Gasteiger charge is -2.18. The van der Waals surface area contributed by atoms with E-state index in [9.17, 15) is 0 Å². The minimum Gasteiger partial charge on any atom is -0.384 e. The molecule has 92 valence electrons. The van der Waals surface area contributed by atoms with E-state index < -0.39 is 0 Å². The Kier molecular flexibility index (Phi) is 5.40. The molecular weight excluding hydrogens is 250 g/mol. The molecule has 17 heavy (non-hydrogen) atoms. The number of hydrogen-bond acceptors (Lipinski definition) is 4. The van der Waals surface area contributed by atoms with Gasteiger partial charge in [-0.15, -0.1) is 11.3 Å². The zero-order valence-corrected chi connectivity index (χ0v) is 11.4. The summed E-state index contributed by atoms with van der Waals surface area (Å²) in [5, 5.41) is 10.8. The van der Waals surface area contributed by atoms with Gasteiger partial charge >= 0.3 is 0 Å². The molecule has 2 rings (SSSR count). The summed E-state index contributed by atoms with van der Waals surface area (Å²) in [7, 11) is 0. The Morgan fingerprint density at radius 1 is 1.35 bits per heavy atom. The van der Waals surface area contributed by atoms with Crippen LogP contribution in [0.15, 0.2) is 11.4 Å². The van der Waals surface area contributed by atoms with Crippen molar-refractivity contribution in [1.82, 2.24) is 4.90 Å². The second kappa shape index (κ2) is 7.07. The van der Waals surface area contributed by atoms with Crippen LogP contribution in [0.5, 0.6) is 0 Å². The quantitative estimate of drug-likeness (QED) is 0.830. The van der Waals surface area contributed by atoms with Crippen LogP contribution in [0, 0.1) is 11.8 Å². The second-order valence-corrected chi connectivity index (χ2v) is 6.18. The molecule has 0 amide bonds. The highest BCUT2D eigenvalue weighted by Gasteiger charge is 2.12. The van der Waals surface area contributed by atoms with Gasteiger partial charge in [0.25, 0.3) is 0 Å². The highest BCUT2D eigenvalue weighted by atomic mass is 32.2. The van der Waals surface area contributed by atoms with E-state index in [0.29, 0.717) is 0 Å². The van der Waals surface area contributed by atoms with E-state index in [-0.39, 0.29) is 6.61 Å². The maximum absolute atomic E-state index is 8.73. The minimum absolute atomic E-state index is 0.0599. The standard InChI is InChI=1S/C13H17NOS2/c15-7-1-3-12-4-9-17-13(12)11-14-5-2-8-16-10-6-14/h4,9,15H,2,5-8,10-11H2. The molecule has 0 radical (unpaired) electrons. The van der Waals surface area contributed by atoms with Crippen molar-refractivity contribution in [3.8, 4) is 11.8 Å². The number of rotatable bonds is 2. The molecule has 0 unspecified atom stereocenters. The maximum Gasteiger partial charge on any atom is 0.104 e. The number of aliphatic hydroxyl groups is 1. The van der Waals surface area contributed by atoms with Crippen molar-refractivity contribution in [2.45, 2.75) is 13.0 Å². The summed E-state index contributed by atoms with van der Waals surface area (Å²) in [4.78, 5) is 3.84. The van der Waals surface area contributed by atoms with Gasteiger partial charge in [0.15, 0.2) is 0 Å². The SMILES string of the molecule is OCC#Cc1ccsc1CN1CCCSCC1. The third-order valence-electron chi connectivity index (χ3n) is 2.73. The van der Waals surface area contributed by atoms with E-state index in [2.05, 4.69) is 39.9 Å². The summed E-state index contributed by atoms with van der Waals surface area (Å²) in [6.45, 7) is 3.32. The molecule has 2 heterocycles. The lowest BCUT2D eigenvalue weighted by Crippen LogP contribution is -2.25. The monoisotopic (exact) mass is 267 g/mol. The van der Waals surface area contributed by atoms with Crippen LogP contribution in [-0.2, 0) is 6.54 Å². The second-order valence-electron chi connectivity index (χ2n) is 3.96. The van der Waals surface area contributed by atoms with E-state index in [4.69, 9.17) is 5.11 Å². The fourth-order valence-corrected chi connectivity index (χ4v) is 3.66. The Morgan fingerprint density at radius 2 is 2.29 bits per heavy atom. The fraction of sp³-hybridized carbons (Fsp3) is 0.538. The molecule has 2 nitrogen and oxygen atoms in total. The molecule has 1 aromatic heterocycles. The smallest absolute Gasteiger partial charge is 0.104 e. The lowest BCUT2D eigenvalue weighted by molar-refractivity contribution is 0.290. The van der Waals surface area contributed by atoms with Crippen LogP contribution >= 0.6 is 23.1 Å². The van der Waals surface area contributed by atoms with Crippen LogP contribution in [0.1, 0.15) is 16.9 Å². The average molecular weight is 267 g/mol. The molecule has 0 spiro atoms. The van der Waals surface area contributed by atoms with Gasteiger partial charge < -0.3 is 5.11 Å². The van der Waals surface area contributed by atoms with Crippen LogP contribution in [0.25, 0.3) is 0 Å². The molecule has 1 saturated heterocycles. The zero-order valence-electron chi connectivity index (χ0n) is 9.82. The first kappa shape index (κ1) is 13.0. The predicted molar refractivity (Wildman–Crippen MR) is 75.5 cm³/mol. The van der Waals surface area contributed by atoms with Gasteiger partial charge in [0.05, 0.1) is 0 Å². The first-order chi connectivity index (χ1) is 8.40. The number of nitrogens with zero attached hydrogens (tertiary/aromatic N) is 1. The average Bonchev–Trinajstić information content (AvgIpc) is 2.61. The maximum atomic E-state index is 8.73. The Labute approximate surface area is 111 Å². The first-order valence-corrected chi connectivity index (χ1v) is 7.90. The number of thiophene rings is 1. The van der Waals surface area contributed by atoms with Crippen molar-refractivity contribution in [2.75, 3.05) is 31.2 Å². The van der Waals surface area contributed by atoms with Crippen molar-refractivity contribution in [1.29, 1.82) is 0 Å². The van der Waals surface area contributed by atoms with Crippen LogP contribution in [0.3, 0.4) is 0 Å². The van der Waals surface area contributed by atoms with E-state index >= 15 is 0 Å². The van der Waals surface area contributed by atoms with Gasteiger partial charge in [0.2, 0.25) is 0 Å². The van der Waals surface area contributed by atoms with Gasteiger partial charge in [-0.1, -0.05) is 11.8 Å². The molecule has 0 atom stereocenters. The normalized spacial score (nSPS) is 17.2. The van der Waals surface area contributed by atoms with Crippen molar-refractivity contribution >= 4 is 23.1 Å². The molecular formula is C13H17NOS2. The predicted octanol–water partition coefficient (Wildman–Crippen LogP) is 2.03. The molecule has 1 N–H and O–H groups in total. The van der Waals surface area contributed by atoms with Crippen molar-refractivity contribution in [3.63, 3.8) is 0 Å². The molecule has 1 aliphatic heterocycles. The van der Waals surface area contributed by atoms with Crippen LogP contribution in [0.4, 0.5) is 0 Å². The minimum atomic E-state index is -0.0599. The number of hydrogen-bond donors (Lipinski definition) is 1. The van der Waals surface area contributed by atoms with Crippen LogP contribution in [-0.4, -0.2) is 41.2 Å². The Bertz CT molecular complexity index is 397. The Hall–Kier alpha value is -0.470. The molecule has 1 fully saturated rings. The Balaban J connectivity index is 1.99. The van der Waals surface area contributed by atoms with E-state index in [1.54, 1.807) is 11.3 Å². The largest absolute Gasteiger partial charge is 0.384 e. The molecule has 0 aromatic carbocycles. The summed E-state index contributed by atoms with van der Waals surface area (Å²) in [5.41, 5.74) is 1.08. The third-order valence-corrected chi connectivity index (χ3v) is 4.68. The van der Waals surface area contributed by atoms with Crippen molar-refractivity contribution in [3.05, 3.63) is 21.9 Å². The number of thioether (sulfide) groups is 1. The summed E-state index contributed by atoms with van der Waals surface area (Å²) < 4.78 is 0. The van der Waals surface area contributed by atoms with E-state index in [1.807, 2.05) is 0 Å². The summed E-state index contributed by atoms with van der Waals surface area (Å²) in [6, 6.07) is 2.05. The van der Waals surface area contributed by atoms with Gasteiger partial charge in [-0.25, -0.2) is 0 Å². The van der Waals surface area contributed by atoms with Gasteiger partial charge in [-0.3, -0.25) is 4.90 Å². The third kappa shape index (κ3) is 4.04. The van der Waals surface area contributed by atoms with Gasteiger partial charge in [0.1, 0.15) is 6.61 Å². The highest BCUT2D eigenvalue weighted by molar-refractivity contribution is 7.99. The zero-order chi connectivity index (χ0) is 11.9. The molecule has 0 bridgehead atoms. The topological polar surface area (TPSA) is 23.5 Å². The molecule has 1 aromatic rings. The van der Waals surface area contributed by atoms with Gasteiger partial charge in [0, 0.05) is 29.3 Å². The number of aliphatic hydroxyl groups excluding tert-OH is 1. The van der Waals surface area contributed by atoms with Gasteiger partial charge in [-0.05, 0) is 30.2 Å². The molecule has 0 aliphatic carbocycles.